The zero-order valence-corrected chi connectivity index (χ0v) is 16.3. The van der Waals surface area contributed by atoms with Gasteiger partial charge in [0.15, 0.2) is 0 Å². The van der Waals surface area contributed by atoms with E-state index in [1.165, 1.54) is 5.56 Å². The van der Waals surface area contributed by atoms with E-state index in [0.29, 0.717) is 13.1 Å². The number of ether oxygens (including phenoxy) is 1. The first kappa shape index (κ1) is 19.0. The van der Waals surface area contributed by atoms with Gasteiger partial charge in [-0.05, 0) is 39.1 Å². The van der Waals surface area contributed by atoms with Crippen molar-refractivity contribution in [3.8, 4) is 5.75 Å². The third-order valence-electron chi connectivity index (χ3n) is 4.54. The molecule has 1 atom stereocenters. The van der Waals surface area contributed by atoms with Crippen LogP contribution in [0.25, 0.3) is 11.0 Å². The highest BCUT2D eigenvalue weighted by molar-refractivity contribution is 5.80. The number of hydrogen-bond acceptors (Lipinski definition) is 4. The molecular formula is C22H26N2O3. The monoisotopic (exact) mass is 366 g/mol. The van der Waals surface area contributed by atoms with Crippen LogP contribution in [-0.2, 0) is 11.3 Å². The molecule has 0 radical (unpaired) electrons. The lowest BCUT2D eigenvalue weighted by molar-refractivity contribution is -0.122. The van der Waals surface area contributed by atoms with Gasteiger partial charge >= 0.3 is 0 Å². The van der Waals surface area contributed by atoms with E-state index >= 15 is 0 Å². The summed E-state index contributed by atoms with van der Waals surface area (Å²) in [5, 5.41) is 4.05. The van der Waals surface area contributed by atoms with Crippen molar-refractivity contribution >= 4 is 16.9 Å². The maximum absolute atomic E-state index is 12.4. The Kier molecular flexibility index (Phi) is 5.81. The summed E-state index contributed by atoms with van der Waals surface area (Å²) in [6.45, 7) is 4.91. The number of amides is 1. The van der Waals surface area contributed by atoms with E-state index < -0.39 is 0 Å². The molecule has 5 nitrogen and oxygen atoms in total. The number of methoxy groups -OCH3 is 1. The second kappa shape index (κ2) is 8.27. The Hall–Kier alpha value is -2.79. The number of hydrogen-bond donors (Lipinski definition) is 1. The molecule has 0 fully saturated rings. The standard InChI is InChI=1S/C22H26N2O3/c1-15-9-10-19(26-4)18(11-15)13-24(3)14-22(25)23-16(2)21-12-17-7-5-6-8-20(17)27-21/h5-12,16H,13-14H2,1-4H3,(H,23,25)/t16-/m0/s1. The lowest BCUT2D eigenvalue weighted by atomic mass is 10.1. The maximum Gasteiger partial charge on any atom is 0.234 e. The van der Waals surface area contributed by atoms with Gasteiger partial charge in [0.1, 0.15) is 17.1 Å². The van der Waals surface area contributed by atoms with Crippen molar-refractivity contribution in [2.45, 2.75) is 26.4 Å². The number of rotatable bonds is 7. The first-order valence-electron chi connectivity index (χ1n) is 9.06. The Morgan fingerprint density at radius 1 is 1.22 bits per heavy atom. The minimum Gasteiger partial charge on any atom is -0.496 e. The number of nitrogens with one attached hydrogen (secondary N) is 1. The zero-order valence-electron chi connectivity index (χ0n) is 16.3. The van der Waals surface area contributed by atoms with Gasteiger partial charge in [-0.2, -0.15) is 0 Å². The molecule has 1 amide bonds. The highest BCUT2D eigenvalue weighted by Crippen LogP contribution is 2.24. The van der Waals surface area contributed by atoms with E-state index in [9.17, 15) is 4.79 Å². The van der Waals surface area contributed by atoms with Crippen molar-refractivity contribution < 1.29 is 13.9 Å². The van der Waals surface area contributed by atoms with Gasteiger partial charge in [0.25, 0.3) is 0 Å². The lowest BCUT2D eigenvalue weighted by Gasteiger charge is -2.19. The van der Waals surface area contributed by atoms with Gasteiger partial charge in [0, 0.05) is 17.5 Å². The van der Waals surface area contributed by atoms with Crippen molar-refractivity contribution in [3.05, 3.63) is 65.4 Å². The molecule has 0 unspecified atom stereocenters. The number of benzene rings is 2. The third kappa shape index (κ3) is 4.68. The van der Waals surface area contributed by atoms with Crippen LogP contribution in [-0.4, -0.2) is 31.5 Å². The number of carbonyl (C=O) groups is 1. The zero-order chi connectivity index (χ0) is 19.4. The molecule has 1 aromatic heterocycles. The predicted molar refractivity (Wildman–Crippen MR) is 107 cm³/mol. The molecule has 3 rings (SSSR count). The molecule has 142 valence electrons. The molecule has 5 heteroatoms. The fraction of sp³-hybridized carbons (Fsp3) is 0.318. The summed E-state index contributed by atoms with van der Waals surface area (Å²) in [5.74, 6) is 1.55. The number of furan rings is 1. The Balaban J connectivity index is 1.59. The summed E-state index contributed by atoms with van der Waals surface area (Å²) in [5.41, 5.74) is 3.07. The molecule has 0 saturated carbocycles. The van der Waals surface area contributed by atoms with Crippen molar-refractivity contribution in [2.24, 2.45) is 0 Å². The molecule has 3 aromatic rings. The van der Waals surface area contributed by atoms with Gasteiger partial charge < -0.3 is 14.5 Å². The summed E-state index contributed by atoms with van der Waals surface area (Å²) in [6, 6.07) is 15.7. The fourth-order valence-corrected chi connectivity index (χ4v) is 3.20. The topological polar surface area (TPSA) is 54.7 Å². The van der Waals surface area contributed by atoms with Crippen LogP contribution >= 0.6 is 0 Å². The number of likely N-dealkylation sites (N-methyl/N-ethyl adjacent to an activating group) is 1. The van der Waals surface area contributed by atoms with Gasteiger partial charge in [-0.1, -0.05) is 35.9 Å². The van der Waals surface area contributed by atoms with Crippen LogP contribution in [0.1, 0.15) is 29.9 Å². The second-order valence-corrected chi connectivity index (χ2v) is 6.96. The minimum absolute atomic E-state index is 0.0444. The van der Waals surface area contributed by atoms with E-state index in [-0.39, 0.29) is 11.9 Å². The molecule has 27 heavy (non-hydrogen) atoms. The van der Waals surface area contributed by atoms with Crippen LogP contribution in [0.2, 0.25) is 0 Å². The molecule has 0 aliphatic rings. The molecule has 0 bridgehead atoms. The minimum atomic E-state index is -0.188. The van der Waals surface area contributed by atoms with E-state index in [1.807, 2.05) is 68.3 Å². The van der Waals surface area contributed by atoms with Gasteiger partial charge in [-0.15, -0.1) is 0 Å². The van der Waals surface area contributed by atoms with Gasteiger partial charge in [0.2, 0.25) is 5.91 Å². The van der Waals surface area contributed by atoms with Gasteiger partial charge in [0.05, 0.1) is 19.7 Å². The van der Waals surface area contributed by atoms with Gasteiger partial charge in [-0.25, -0.2) is 0 Å². The molecule has 0 aliphatic carbocycles. The molecule has 0 saturated heterocycles. The summed E-state index contributed by atoms with van der Waals surface area (Å²) in [6.07, 6.45) is 0. The summed E-state index contributed by atoms with van der Waals surface area (Å²) >= 11 is 0. The van der Waals surface area contributed by atoms with E-state index in [4.69, 9.17) is 9.15 Å². The largest absolute Gasteiger partial charge is 0.496 e. The second-order valence-electron chi connectivity index (χ2n) is 6.96. The van der Waals surface area contributed by atoms with Gasteiger partial charge in [-0.3, -0.25) is 9.69 Å². The summed E-state index contributed by atoms with van der Waals surface area (Å²) < 4.78 is 11.2. The Labute approximate surface area is 159 Å². The van der Waals surface area contributed by atoms with Crippen LogP contribution in [0.15, 0.2) is 52.9 Å². The van der Waals surface area contributed by atoms with E-state index in [2.05, 4.69) is 11.4 Å². The first-order chi connectivity index (χ1) is 13.0. The van der Waals surface area contributed by atoms with Crippen molar-refractivity contribution in [1.29, 1.82) is 0 Å². The van der Waals surface area contributed by atoms with Crippen molar-refractivity contribution in [1.82, 2.24) is 10.2 Å². The highest BCUT2D eigenvalue weighted by Gasteiger charge is 2.16. The number of aryl methyl sites for hydroxylation is 1. The van der Waals surface area contributed by atoms with Crippen molar-refractivity contribution in [3.63, 3.8) is 0 Å². The molecular weight excluding hydrogens is 340 g/mol. The molecule has 0 spiro atoms. The number of nitrogens with zero attached hydrogens (tertiary/aromatic N) is 1. The SMILES string of the molecule is COc1ccc(C)cc1CN(C)CC(=O)N[C@@H](C)c1cc2ccccc2o1. The summed E-state index contributed by atoms with van der Waals surface area (Å²) in [7, 11) is 3.59. The first-order valence-corrected chi connectivity index (χ1v) is 9.06. The predicted octanol–water partition coefficient (Wildman–Crippen LogP) is 4.06. The van der Waals surface area contributed by atoms with Crippen LogP contribution in [0.4, 0.5) is 0 Å². The molecule has 0 aliphatic heterocycles. The number of fused-ring (bicyclic) bond motifs is 1. The molecule has 1 N–H and O–H groups in total. The lowest BCUT2D eigenvalue weighted by Crippen LogP contribution is -2.36. The van der Waals surface area contributed by atoms with Crippen molar-refractivity contribution in [2.75, 3.05) is 20.7 Å². The highest BCUT2D eigenvalue weighted by atomic mass is 16.5. The molecule has 1 heterocycles. The van der Waals surface area contributed by atoms with Crippen LogP contribution in [0.5, 0.6) is 5.75 Å². The third-order valence-corrected chi connectivity index (χ3v) is 4.54. The van der Waals surface area contributed by atoms with E-state index in [0.717, 1.165) is 28.0 Å². The molecule has 2 aromatic carbocycles. The van der Waals surface area contributed by atoms with Crippen LogP contribution in [0, 0.1) is 6.92 Å². The smallest absolute Gasteiger partial charge is 0.234 e. The maximum atomic E-state index is 12.4. The Morgan fingerprint density at radius 3 is 2.74 bits per heavy atom. The quantitative estimate of drug-likeness (QED) is 0.685. The Morgan fingerprint density at radius 2 is 2.00 bits per heavy atom. The van der Waals surface area contributed by atoms with Crippen LogP contribution < -0.4 is 10.1 Å². The summed E-state index contributed by atoms with van der Waals surface area (Å²) in [4.78, 5) is 14.4. The fourth-order valence-electron chi connectivity index (χ4n) is 3.20. The number of carbonyl (C=O) groups excluding carboxylic acids is 1. The number of para-hydroxylation sites is 1. The average Bonchev–Trinajstić information content (AvgIpc) is 3.06. The normalized spacial score (nSPS) is 12.3. The van der Waals surface area contributed by atoms with Crippen LogP contribution in [0.3, 0.4) is 0 Å². The Bertz CT molecular complexity index is 899. The average molecular weight is 366 g/mol. The van der Waals surface area contributed by atoms with E-state index in [1.54, 1.807) is 7.11 Å².